The summed E-state index contributed by atoms with van der Waals surface area (Å²) in [5.41, 5.74) is 6.97. The molecular weight excluding hydrogens is 242 g/mol. The van der Waals surface area contributed by atoms with Crippen LogP contribution in [0.5, 0.6) is 5.75 Å². The van der Waals surface area contributed by atoms with Gasteiger partial charge in [0.1, 0.15) is 12.4 Å². The Morgan fingerprint density at radius 1 is 1.42 bits per heavy atom. The molecule has 0 bridgehead atoms. The number of hydrogen-bond acceptors (Lipinski definition) is 4. The number of aliphatic hydroxyl groups excluding tert-OH is 1. The van der Waals surface area contributed by atoms with Crippen molar-refractivity contribution in [1.82, 2.24) is 0 Å². The average molecular weight is 265 g/mol. The molecule has 1 aliphatic heterocycles. The summed E-state index contributed by atoms with van der Waals surface area (Å²) in [4.78, 5) is 0. The molecule has 0 aromatic heterocycles. The first-order chi connectivity index (χ1) is 9.29. The SMILES string of the molecule is NC(CCO)c1cccc(OCC2CCCCO2)c1. The van der Waals surface area contributed by atoms with Gasteiger partial charge in [-0.3, -0.25) is 0 Å². The molecule has 1 aliphatic rings. The van der Waals surface area contributed by atoms with Gasteiger partial charge in [0.2, 0.25) is 0 Å². The summed E-state index contributed by atoms with van der Waals surface area (Å²) in [6, 6.07) is 7.63. The van der Waals surface area contributed by atoms with E-state index in [4.69, 9.17) is 20.3 Å². The van der Waals surface area contributed by atoms with Gasteiger partial charge >= 0.3 is 0 Å². The third-order valence-electron chi connectivity index (χ3n) is 3.44. The van der Waals surface area contributed by atoms with E-state index in [0.29, 0.717) is 13.0 Å². The highest BCUT2D eigenvalue weighted by atomic mass is 16.5. The molecule has 2 unspecified atom stereocenters. The largest absolute Gasteiger partial charge is 0.491 e. The third-order valence-corrected chi connectivity index (χ3v) is 3.44. The first-order valence-electron chi connectivity index (χ1n) is 7.00. The quantitative estimate of drug-likeness (QED) is 0.826. The van der Waals surface area contributed by atoms with E-state index in [1.807, 2.05) is 24.3 Å². The molecule has 1 aromatic rings. The average Bonchev–Trinajstić information content (AvgIpc) is 2.47. The van der Waals surface area contributed by atoms with Crippen molar-refractivity contribution in [2.45, 2.75) is 37.8 Å². The van der Waals surface area contributed by atoms with Crippen LogP contribution >= 0.6 is 0 Å². The number of ether oxygens (including phenoxy) is 2. The Balaban J connectivity index is 1.87. The molecule has 1 saturated heterocycles. The van der Waals surface area contributed by atoms with Gasteiger partial charge in [0, 0.05) is 19.3 Å². The van der Waals surface area contributed by atoms with E-state index in [9.17, 15) is 0 Å². The second-order valence-corrected chi connectivity index (χ2v) is 4.99. The van der Waals surface area contributed by atoms with Crippen LogP contribution in [0.25, 0.3) is 0 Å². The highest BCUT2D eigenvalue weighted by Crippen LogP contribution is 2.21. The molecule has 0 spiro atoms. The van der Waals surface area contributed by atoms with Gasteiger partial charge in [-0.1, -0.05) is 12.1 Å². The molecule has 0 aliphatic carbocycles. The zero-order valence-electron chi connectivity index (χ0n) is 11.3. The molecule has 0 radical (unpaired) electrons. The molecule has 2 atom stereocenters. The summed E-state index contributed by atoms with van der Waals surface area (Å²) in [5, 5.41) is 8.91. The summed E-state index contributed by atoms with van der Waals surface area (Å²) < 4.78 is 11.4. The fourth-order valence-electron chi connectivity index (χ4n) is 2.27. The summed E-state index contributed by atoms with van der Waals surface area (Å²) in [6.45, 7) is 1.54. The van der Waals surface area contributed by atoms with Gasteiger partial charge in [-0.2, -0.15) is 0 Å². The monoisotopic (exact) mass is 265 g/mol. The molecule has 2 rings (SSSR count). The zero-order chi connectivity index (χ0) is 13.5. The van der Waals surface area contributed by atoms with Crippen molar-refractivity contribution >= 4 is 0 Å². The van der Waals surface area contributed by atoms with Crippen LogP contribution in [0.3, 0.4) is 0 Å². The fourth-order valence-corrected chi connectivity index (χ4v) is 2.27. The number of benzene rings is 1. The minimum Gasteiger partial charge on any atom is -0.491 e. The summed E-state index contributed by atoms with van der Waals surface area (Å²) in [6.07, 6.45) is 4.22. The van der Waals surface area contributed by atoms with Crippen LogP contribution in [-0.4, -0.2) is 31.0 Å². The molecule has 19 heavy (non-hydrogen) atoms. The van der Waals surface area contributed by atoms with Crippen LogP contribution in [0.2, 0.25) is 0 Å². The van der Waals surface area contributed by atoms with Gasteiger partial charge < -0.3 is 20.3 Å². The van der Waals surface area contributed by atoms with Gasteiger partial charge in [-0.15, -0.1) is 0 Å². The lowest BCUT2D eigenvalue weighted by molar-refractivity contribution is -0.0110. The Kier molecular flexibility index (Phi) is 5.63. The van der Waals surface area contributed by atoms with Gasteiger partial charge in [0.25, 0.3) is 0 Å². The third kappa shape index (κ3) is 4.49. The standard InChI is InChI=1S/C15H23NO3/c16-15(7-8-17)12-4-3-6-13(10-12)19-11-14-5-1-2-9-18-14/h3-4,6,10,14-15,17H,1-2,5,7-9,11,16H2. The van der Waals surface area contributed by atoms with Crippen LogP contribution in [-0.2, 0) is 4.74 Å². The minimum absolute atomic E-state index is 0.0994. The van der Waals surface area contributed by atoms with Gasteiger partial charge in [0.05, 0.1) is 6.10 Å². The Morgan fingerprint density at radius 2 is 2.32 bits per heavy atom. The predicted molar refractivity (Wildman–Crippen MR) is 74.2 cm³/mol. The Hall–Kier alpha value is -1.10. The first kappa shape index (κ1) is 14.3. The van der Waals surface area contributed by atoms with Crippen LogP contribution in [0, 0.1) is 0 Å². The van der Waals surface area contributed by atoms with Crippen molar-refractivity contribution in [3.63, 3.8) is 0 Å². The maximum Gasteiger partial charge on any atom is 0.119 e. The van der Waals surface area contributed by atoms with Crippen molar-refractivity contribution in [2.75, 3.05) is 19.8 Å². The Labute approximate surface area is 114 Å². The maximum absolute atomic E-state index is 8.91. The lowest BCUT2D eigenvalue weighted by Crippen LogP contribution is -2.25. The van der Waals surface area contributed by atoms with E-state index in [-0.39, 0.29) is 18.8 Å². The molecule has 3 N–H and O–H groups in total. The van der Waals surface area contributed by atoms with E-state index < -0.39 is 0 Å². The summed E-state index contributed by atoms with van der Waals surface area (Å²) in [7, 11) is 0. The predicted octanol–water partition coefficient (Wildman–Crippen LogP) is 2.02. The molecule has 0 amide bonds. The Morgan fingerprint density at radius 3 is 3.05 bits per heavy atom. The van der Waals surface area contributed by atoms with E-state index >= 15 is 0 Å². The number of rotatable bonds is 6. The van der Waals surface area contributed by atoms with Crippen molar-refractivity contribution in [3.8, 4) is 5.75 Å². The van der Waals surface area contributed by atoms with Crippen LogP contribution in [0.15, 0.2) is 24.3 Å². The Bertz CT molecular complexity index is 377. The topological polar surface area (TPSA) is 64.7 Å². The van der Waals surface area contributed by atoms with E-state index in [0.717, 1.165) is 30.8 Å². The normalized spacial score (nSPS) is 21.1. The van der Waals surface area contributed by atoms with Crippen molar-refractivity contribution in [1.29, 1.82) is 0 Å². The van der Waals surface area contributed by atoms with Crippen LogP contribution in [0.1, 0.15) is 37.3 Å². The van der Waals surface area contributed by atoms with Crippen molar-refractivity contribution in [3.05, 3.63) is 29.8 Å². The first-order valence-corrected chi connectivity index (χ1v) is 7.00. The maximum atomic E-state index is 8.91. The van der Waals surface area contributed by atoms with Crippen molar-refractivity contribution in [2.24, 2.45) is 5.73 Å². The highest BCUT2D eigenvalue weighted by molar-refractivity contribution is 5.30. The fraction of sp³-hybridized carbons (Fsp3) is 0.600. The summed E-state index contributed by atoms with van der Waals surface area (Å²) in [5.74, 6) is 0.820. The number of nitrogens with two attached hydrogens (primary N) is 1. The smallest absolute Gasteiger partial charge is 0.119 e. The van der Waals surface area contributed by atoms with Gasteiger partial charge in [-0.05, 0) is 43.4 Å². The molecular formula is C15H23NO3. The van der Waals surface area contributed by atoms with E-state index in [2.05, 4.69) is 0 Å². The molecule has 106 valence electrons. The molecule has 0 saturated carbocycles. The lowest BCUT2D eigenvalue weighted by atomic mass is 10.1. The molecule has 4 heteroatoms. The second kappa shape index (κ2) is 7.48. The van der Waals surface area contributed by atoms with Crippen LogP contribution < -0.4 is 10.5 Å². The molecule has 1 aromatic carbocycles. The molecule has 1 heterocycles. The minimum atomic E-state index is -0.139. The van der Waals surface area contributed by atoms with Gasteiger partial charge in [0.15, 0.2) is 0 Å². The second-order valence-electron chi connectivity index (χ2n) is 4.99. The number of aliphatic hydroxyl groups is 1. The zero-order valence-corrected chi connectivity index (χ0v) is 11.3. The highest BCUT2D eigenvalue weighted by Gasteiger charge is 2.14. The van der Waals surface area contributed by atoms with Crippen molar-refractivity contribution < 1.29 is 14.6 Å². The van der Waals surface area contributed by atoms with E-state index in [1.165, 1.54) is 6.42 Å². The van der Waals surface area contributed by atoms with Crippen LogP contribution in [0.4, 0.5) is 0 Å². The van der Waals surface area contributed by atoms with Gasteiger partial charge in [-0.25, -0.2) is 0 Å². The molecule has 4 nitrogen and oxygen atoms in total. The lowest BCUT2D eigenvalue weighted by Gasteiger charge is -2.22. The summed E-state index contributed by atoms with van der Waals surface area (Å²) >= 11 is 0. The van der Waals surface area contributed by atoms with E-state index in [1.54, 1.807) is 0 Å². The molecule has 1 fully saturated rings. The number of hydrogen-bond donors (Lipinski definition) is 2.